The van der Waals surface area contributed by atoms with Crippen LogP contribution in [-0.2, 0) is 33.4 Å². The predicted molar refractivity (Wildman–Crippen MR) is 264 cm³/mol. The average Bonchev–Trinajstić information content (AvgIpc) is 4.14. The first-order valence-electron chi connectivity index (χ1n) is 23.7. The van der Waals surface area contributed by atoms with Gasteiger partial charge in [0.1, 0.15) is 30.3 Å². The van der Waals surface area contributed by atoms with Crippen molar-refractivity contribution in [2.24, 2.45) is 0 Å². The van der Waals surface area contributed by atoms with Crippen molar-refractivity contribution >= 4 is 79.9 Å². The summed E-state index contributed by atoms with van der Waals surface area (Å²) >= 11 is 3.65. The van der Waals surface area contributed by atoms with Gasteiger partial charge >= 0.3 is 0 Å². The van der Waals surface area contributed by atoms with E-state index in [-0.39, 0.29) is 24.5 Å². The molecule has 5 heterocycles. The maximum absolute atomic E-state index is 15.1. The van der Waals surface area contributed by atoms with E-state index < -0.39 is 36.5 Å². The number of rotatable bonds is 15. The largest absolute Gasteiger partial charge is 0.488 e. The molecular formula is C50H59BrF2N9O4P. The highest BCUT2D eigenvalue weighted by Crippen LogP contribution is 2.43. The third-order valence-corrected chi connectivity index (χ3v) is 15.7. The van der Waals surface area contributed by atoms with Crippen molar-refractivity contribution in [1.29, 1.82) is 0 Å². The van der Waals surface area contributed by atoms with Gasteiger partial charge in [0.2, 0.25) is 17.8 Å². The summed E-state index contributed by atoms with van der Waals surface area (Å²) in [5.41, 5.74) is 6.03. The van der Waals surface area contributed by atoms with Gasteiger partial charge in [-0.05, 0) is 128 Å². The molecule has 354 valence electrons. The van der Waals surface area contributed by atoms with Crippen molar-refractivity contribution in [3.63, 3.8) is 0 Å². The number of carbonyl (C=O) groups is 2. The topological polar surface area (TPSA) is 145 Å². The quantitative estimate of drug-likeness (QED) is 0.0681. The first-order valence-corrected chi connectivity index (χ1v) is 27.0. The number of piperazine rings is 1. The third-order valence-electron chi connectivity index (χ3n) is 13.6. The van der Waals surface area contributed by atoms with Crippen molar-refractivity contribution in [1.82, 2.24) is 30.1 Å². The van der Waals surface area contributed by atoms with Gasteiger partial charge in [0, 0.05) is 98.2 Å². The van der Waals surface area contributed by atoms with Crippen LogP contribution in [0.3, 0.4) is 0 Å². The van der Waals surface area contributed by atoms with Gasteiger partial charge in [0.05, 0.1) is 33.4 Å². The number of piperidine rings is 2. The lowest BCUT2D eigenvalue weighted by molar-refractivity contribution is -0.134. The summed E-state index contributed by atoms with van der Waals surface area (Å²) in [5.74, 6) is -1.80. The Morgan fingerprint density at radius 3 is 2.28 bits per heavy atom. The van der Waals surface area contributed by atoms with Crippen LogP contribution < -0.4 is 30.9 Å². The SMILES string of the molecule is CCc1ccc2c(P(C)(C)=O)c(Nc3nc(Nc4cc(CC)c(N5CCC(N6CCN(CCc7cc(F)c([C@H]8CCC(=O)NC8=O)c(F)c7)CC6)CC5)cc4OC4CC4)ncc3Br)ccc2n1. The number of anilines is 5. The molecule has 4 fully saturated rings. The summed E-state index contributed by atoms with van der Waals surface area (Å²) in [5, 5.41) is 10.7. The van der Waals surface area contributed by atoms with Gasteiger partial charge in [-0.3, -0.25) is 24.8 Å². The van der Waals surface area contributed by atoms with Crippen LogP contribution in [0.1, 0.15) is 80.7 Å². The van der Waals surface area contributed by atoms with Crippen molar-refractivity contribution in [2.45, 2.75) is 89.7 Å². The molecule has 2 aromatic heterocycles. The molecule has 5 aromatic rings. The Morgan fingerprint density at radius 1 is 0.866 bits per heavy atom. The first-order chi connectivity index (χ1) is 32.2. The van der Waals surface area contributed by atoms with Crippen molar-refractivity contribution < 1.29 is 27.7 Å². The zero-order valence-corrected chi connectivity index (χ0v) is 41.1. The molecule has 1 saturated carbocycles. The minimum atomic E-state index is -2.75. The molecule has 0 bridgehead atoms. The standard InChI is InChI=1S/C50H59BrF2N9O4P/c1-5-31-27-42(57-50-54-29-37(51)48(59-50)56-41-13-12-40-35(47(41)67(3,4)65)10-7-32(6-2)55-40)44(66-34-8-9-34)28-43(31)62-19-16-33(17-20-62)61-23-21-60(22-24-61)18-15-30-25-38(52)46(39(53)26-30)36-11-14-45(63)58-49(36)64/h7,10,12-13,25-29,33-34,36H,5-6,8-9,11,14-24H2,1-4H3,(H,58,63,64)(H2,54,56,57,59)/t36-/m1/s1. The number of ether oxygens (including phenoxy) is 1. The van der Waals surface area contributed by atoms with Crippen molar-refractivity contribution in [3.8, 4) is 5.75 Å². The molecule has 1 atom stereocenters. The van der Waals surface area contributed by atoms with Crippen LogP contribution in [0.5, 0.6) is 5.75 Å². The number of halogens is 3. The lowest BCUT2D eigenvalue weighted by Crippen LogP contribution is -2.53. The molecular weight excluding hydrogens is 939 g/mol. The van der Waals surface area contributed by atoms with E-state index in [1.54, 1.807) is 19.5 Å². The Hall–Kier alpha value is -5.02. The lowest BCUT2D eigenvalue weighted by atomic mass is 9.89. The highest BCUT2D eigenvalue weighted by molar-refractivity contribution is 9.10. The van der Waals surface area contributed by atoms with Crippen LogP contribution in [0.25, 0.3) is 10.9 Å². The second-order valence-electron chi connectivity index (χ2n) is 18.6. The highest BCUT2D eigenvalue weighted by atomic mass is 79.9. The fourth-order valence-corrected chi connectivity index (χ4v) is 11.6. The van der Waals surface area contributed by atoms with Crippen molar-refractivity contribution in [2.75, 3.05) is 74.7 Å². The number of carbonyl (C=O) groups excluding carboxylic acids is 2. The van der Waals surface area contributed by atoms with E-state index in [0.29, 0.717) is 46.5 Å². The number of nitrogens with zero attached hydrogens (tertiary/aromatic N) is 6. The van der Waals surface area contributed by atoms with E-state index in [1.165, 1.54) is 23.4 Å². The first kappa shape index (κ1) is 47.1. The summed E-state index contributed by atoms with van der Waals surface area (Å²) in [6.45, 7) is 14.0. The molecule has 4 aliphatic rings. The van der Waals surface area contributed by atoms with E-state index in [1.807, 2.05) is 24.3 Å². The summed E-state index contributed by atoms with van der Waals surface area (Å²) in [6.07, 6.45) is 8.34. The lowest BCUT2D eigenvalue weighted by Gasteiger charge is -2.43. The van der Waals surface area contributed by atoms with Gasteiger partial charge in [-0.1, -0.05) is 19.9 Å². The summed E-state index contributed by atoms with van der Waals surface area (Å²) in [6, 6.07) is 15.4. The van der Waals surface area contributed by atoms with Crippen LogP contribution in [0.15, 0.2) is 59.2 Å². The zero-order chi connectivity index (χ0) is 47.0. The van der Waals surface area contributed by atoms with E-state index in [2.05, 4.69) is 77.5 Å². The van der Waals surface area contributed by atoms with E-state index >= 15 is 8.78 Å². The number of amides is 2. The predicted octanol–water partition coefficient (Wildman–Crippen LogP) is 8.82. The molecule has 2 amide bonds. The van der Waals surface area contributed by atoms with E-state index in [4.69, 9.17) is 14.7 Å². The molecule has 0 spiro atoms. The molecule has 3 aliphatic heterocycles. The maximum atomic E-state index is 15.1. The van der Waals surface area contributed by atoms with E-state index in [9.17, 15) is 14.2 Å². The number of aromatic nitrogens is 3. The van der Waals surface area contributed by atoms with Crippen LogP contribution in [0.4, 0.5) is 37.6 Å². The number of pyridine rings is 1. The van der Waals surface area contributed by atoms with Gasteiger partial charge in [-0.15, -0.1) is 0 Å². The summed E-state index contributed by atoms with van der Waals surface area (Å²) in [7, 11) is -2.75. The molecule has 0 unspecified atom stereocenters. The number of aryl methyl sites for hydroxylation is 2. The number of imide groups is 1. The van der Waals surface area contributed by atoms with Crippen LogP contribution in [0, 0.1) is 11.6 Å². The fourth-order valence-electron chi connectivity index (χ4n) is 9.82. The maximum Gasteiger partial charge on any atom is 0.234 e. The normalized spacial score (nSPS) is 18.9. The number of hydrogen-bond acceptors (Lipinski definition) is 12. The second kappa shape index (κ2) is 19.9. The zero-order valence-electron chi connectivity index (χ0n) is 38.6. The van der Waals surface area contributed by atoms with Crippen molar-refractivity contribution in [3.05, 3.63) is 93.2 Å². The second-order valence-corrected chi connectivity index (χ2v) is 22.6. The van der Waals surface area contributed by atoms with Gasteiger partial charge in [0.25, 0.3) is 0 Å². The Morgan fingerprint density at radius 2 is 1.61 bits per heavy atom. The van der Waals surface area contributed by atoms with Crippen LogP contribution in [0.2, 0.25) is 0 Å². The molecule has 1 aliphatic carbocycles. The average molecular weight is 999 g/mol. The molecule has 9 rings (SSSR count). The number of fused-ring (bicyclic) bond motifs is 1. The van der Waals surface area contributed by atoms with Crippen LogP contribution in [-0.4, -0.2) is 108 Å². The molecule has 13 nitrogen and oxygen atoms in total. The molecule has 0 radical (unpaired) electrons. The Kier molecular flexibility index (Phi) is 14.0. The summed E-state index contributed by atoms with van der Waals surface area (Å²) in [4.78, 5) is 45.6. The number of hydrogen-bond donors (Lipinski definition) is 3. The molecule has 3 N–H and O–H groups in total. The highest BCUT2D eigenvalue weighted by Gasteiger charge is 2.34. The number of nitrogens with one attached hydrogen (secondary N) is 3. The third kappa shape index (κ3) is 10.7. The molecule has 17 heteroatoms. The minimum absolute atomic E-state index is 0.0658. The summed E-state index contributed by atoms with van der Waals surface area (Å²) < 4.78 is 51.3. The van der Waals surface area contributed by atoms with Gasteiger partial charge in [0.15, 0.2) is 0 Å². The monoisotopic (exact) mass is 997 g/mol. The molecule has 3 saturated heterocycles. The molecule has 67 heavy (non-hydrogen) atoms. The Balaban J connectivity index is 0.829. The van der Waals surface area contributed by atoms with Gasteiger partial charge < -0.3 is 29.7 Å². The van der Waals surface area contributed by atoms with Gasteiger partial charge in [-0.25, -0.2) is 13.8 Å². The Bertz CT molecular complexity index is 2710. The van der Waals surface area contributed by atoms with Crippen LogP contribution >= 0.6 is 23.1 Å². The Labute approximate surface area is 399 Å². The van der Waals surface area contributed by atoms with Gasteiger partial charge in [-0.2, -0.15) is 4.98 Å². The molecule has 3 aromatic carbocycles. The fraction of sp³-hybridized carbons (Fsp3) is 0.460. The smallest absolute Gasteiger partial charge is 0.234 e. The number of benzene rings is 3. The van der Waals surface area contributed by atoms with E-state index in [0.717, 1.165) is 111 Å². The minimum Gasteiger partial charge on any atom is -0.488 e.